The zero-order valence-electron chi connectivity index (χ0n) is 10.1. The minimum absolute atomic E-state index is 0.308. The highest BCUT2D eigenvalue weighted by molar-refractivity contribution is 9.10. The molecule has 0 bridgehead atoms. The average Bonchev–Trinajstić information content (AvgIpc) is 2.33. The molecular weight excluding hydrogens is 346 g/mol. The van der Waals surface area contributed by atoms with Crippen molar-refractivity contribution in [3.63, 3.8) is 0 Å². The van der Waals surface area contributed by atoms with Gasteiger partial charge in [0.15, 0.2) is 0 Å². The summed E-state index contributed by atoms with van der Waals surface area (Å²) >= 11 is 14.4. The lowest BCUT2D eigenvalue weighted by Gasteiger charge is -2.11. The third kappa shape index (κ3) is 3.43. The van der Waals surface area contributed by atoms with Crippen LogP contribution in [0.2, 0.25) is 5.02 Å². The van der Waals surface area contributed by atoms with Gasteiger partial charge < -0.3 is 11.1 Å². The number of aromatic nitrogens is 1. The number of anilines is 2. The van der Waals surface area contributed by atoms with Crippen LogP contribution in [0.5, 0.6) is 0 Å². The Hall–Kier alpha value is -1.17. The third-order valence-electron chi connectivity index (χ3n) is 2.48. The van der Waals surface area contributed by atoms with Crippen LogP contribution in [0, 0.1) is 6.92 Å². The van der Waals surface area contributed by atoms with Crippen molar-refractivity contribution in [1.82, 2.24) is 4.98 Å². The fourth-order valence-corrected chi connectivity index (χ4v) is 2.22. The predicted molar refractivity (Wildman–Crippen MR) is 87.3 cm³/mol. The Bertz CT molecular complexity index is 646. The Morgan fingerprint density at radius 3 is 2.74 bits per heavy atom. The first-order chi connectivity index (χ1) is 8.97. The van der Waals surface area contributed by atoms with E-state index in [1.54, 1.807) is 6.07 Å². The molecule has 0 aliphatic carbocycles. The van der Waals surface area contributed by atoms with Gasteiger partial charge in [-0.25, -0.2) is 4.98 Å². The van der Waals surface area contributed by atoms with Crippen molar-refractivity contribution in [2.24, 2.45) is 5.73 Å². The number of nitrogens with zero attached hydrogens (tertiary/aromatic N) is 1. The van der Waals surface area contributed by atoms with Gasteiger partial charge in [-0.05, 0) is 53.2 Å². The van der Waals surface area contributed by atoms with E-state index in [0.29, 0.717) is 21.4 Å². The van der Waals surface area contributed by atoms with E-state index >= 15 is 0 Å². The molecule has 0 fully saturated rings. The van der Waals surface area contributed by atoms with Crippen LogP contribution >= 0.6 is 39.7 Å². The van der Waals surface area contributed by atoms with Crippen LogP contribution in [0.1, 0.15) is 11.3 Å². The van der Waals surface area contributed by atoms with Crippen molar-refractivity contribution in [2.75, 3.05) is 5.32 Å². The monoisotopic (exact) mass is 355 g/mol. The second kappa shape index (κ2) is 5.86. The number of nitrogens with one attached hydrogen (secondary N) is 1. The van der Waals surface area contributed by atoms with Crippen LogP contribution in [0.25, 0.3) is 0 Å². The van der Waals surface area contributed by atoms with Crippen molar-refractivity contribution < 1.29 is 0 Å². The molecule has 0 saturated carbocycles. The molecular formula is C13H11BrClN3S. The van der Waals surface area contributed by atoms with Crippen LogP contribution in [-0.4, -0.2) is 9.97 Å². The minimum atomic E-state index is 0.308. The molecule has 98 valence electrons. The summed E-state index contributed by atoms with van der Waals surface area (Å²) in [7, 11) is 0. The molecule has 1 aromatic carbocycles. The maximum Gasteiger partial charge on any atom is 0.140 e. The summed E-state index contributed by atoms with van der Waals surface area (Å²) in [6, 6.07) is 9.26. The molecule has 0 aliphatic heterocycles. The number of rotatable bonds is 3. The molecule has 0 atom stereocenters. The lowest BCUT2D eigenvalue weighted by Crippen LogP contribution is -2.13. The zero-order valence-corrected chi connectivity index (χ0v) is 13.2. The molecule has 0 spiro atoms. The van der Waals surface area contributed by atoms with Gasteiger partial charge in [0.1, 0.15) is 10.8 Å². The van der Waals surface area contributed by atoms with Crippen molar-refractivity contribution in [1.29, 1.82) is 0 Å². The summed E-state index contributed by atoms with van der Waals surface area (Å²) in [6.07, 6.45) is 0. The summed E-state index contributed by atoms with van der Waals surface area (Å²) < 4.78 is 0.809. The normalized spacial score (nSPS) is 10.3. The van der Waals surface area contributed by atoms with E-state index in [1.807, 2.05) is 31.2 Å². The number of pyridine rings is 1. The number of nitrogens with two attached hydrogens (primary N) is 1. The second-order valence-electron chi connectivity index (χ2n) is 3.97. The first kappa shape index (κ1) is 14.2. The molecule has 2 rings (SSSR count). The summed E-state index contributed by atoms with van der Waals surface area (Å²) in [5, 5.41) is 3.85. The van der Waals surface area contributed by atoms with Crippen molar-refractivity contribution in [2.45, 2.75) is 6.92 Å². The number of benzene rings is 1. The zero-order chi connectivity index (χ0) is 14.0. The van der Waals surface area contributed by atoms with Crippen LogP contribution in [-0.2, 0) is 0 Å². The van der Waals surface area contributed by atoms with Crippen molar-refractivity contribution in [3.8, 4) is 0 Å². The van der Waals surface area contributed by atoms with Gasteiger partial charge in [-0.2, -0.15) is 0 Å². The highest BCUT2D eigenvalue weighted by Gasteiger charge is 2.08. The Morgan fingerprint density at radius 2 is 2.11 bits per heavy atom. The SMILES string of the molecule is Cc1ccc(C(N)=S)c(Nc2ccc(Cl)c(Br)c2)n1. The molecule has 1 aromatic heterocycles. The number of hydrogen-bond donors (Lipinski definition) is 2. The van der Waals surface area contributed by atoms with E-state index in [2.05, 4.69) is 26.2 Å². The number of aryl methyl sites for hydroxylation is 1. The summed E-state index contributed by atoms with van der Waals surface area (Å²) in [6.45, 7) is 1.91. The van der Waals surface area contributed by atoms with E-state index in [4.69, 9.17) is 29.6 Å². The first-order valence-corrected chi connectivity index (χ1v) is 7.05. The Labute approximate surface area is 130 Å². The smallest absolute Gasteiger partial charge is 0.140 e. The van der Waals surface area contributed by atoms with Gasteiger partial charge in [0.2, 0.25) is 0 Å². The molecule has 6 heteroatoms. The van der Waals surface area contributed by atoms with Crippen LogP contribution in [0.4, 0.5) is 11.5 Å². The maximum absolute atomic E-state index is 5.96. The predicted octanol–water partition coefficient (Wildman–Crippen LogP) is 4.18. The fourth-order valence-electron chi connectivity index (χ4n) is 1.56. The van der Waals surface area contributed by atoms with Crippen LogP contribution in [0.3, 0.4) is 0 Å². The molecule has 0 saturated heterocycles. The van der Waals surface area contributed by atoms with Crippen LogP contribution < -0.4 is 11.1 Å². The Balaban J connectivity index is 2.39. The van der Waals surface area contributed by atoms with Gasteiger partial charge >= 0.3 is 0 Å². The van der Waals surface area contributed by atoms with Gasteiger partial charge in [0.25, 0.3) is 0 Å². The second-order valence-corrected chi connectivity index (χ2v) is 5.67. The summed E-state index contributed by atoms with van der Waals surface area (Å²) in [5.41, 5.74) is 8.15. The lowest BCUT2D eigenvalue weighted by atomic mass is 10.2. The molecule has 0 unspecified atom stereocenters. The van der Waals surface area contributed by atoms with Crippen molar-refractivity contribution >= 4 is 56.2 Å². The molecule has 3 N–H and O–H groups in total. The van der Waals surface area contributed by atoms with E-state index in [1.165, 1.54) is 0 Å². The standard InChI is InChI=1S/C13H11BrClN3S/c1-7-2-4-9(12(16)19)13(17-7)18-8-3-5-11(15)10(14)6-8/h2-6H,1H3,(H2,16,19)(H,17,18). The van der Waals surface area contributed by atoms with E-state index in [0.717, 1.165) is 15.9 Å². The molecule has 0 radical (unpaired) electrons. The van der Waals surface area contributed by atoms with Gasteiger partial charge in [-0.15, -0.1) is 0 Å². The average molecular weight is 357 g/mol. The van der Waals surface area contributed by atoms with Gasteiger partial charge in [-0.3, -0.25) is 0 Å². The maximum atomic E-state index is 5.96. The van der Waals surface area contributed by atoms with E-state index in [9.17, 15) is 0 Å². The first-order valence-electron chi connectivity index (χ1n) is 5.47. The number of halogens is 2. The Kier molecular flexibility index (Phi) is 4.39. The summed E-state index contributed by atoms with van der Waals surface area (Å²) in [5.74, 6) is 0.640. The van der Waals surface area contributed by atoms with Gasteiger partial charge in [0, 0.05) is 15.9 Å². The third-order valence-corrected chi connectivity index (χ3v) is 3.92. The van der Waals surface area contributed by atoms with E-state index in [-0.39, 0.29) is 0 Å². The summed E-state index contributed by atoms with van der Waals surface area (Å²) in [4.78, 5) is 4.72. The fraction of sp³-hybridized carbons (Fsp3) is 0.0769. The quantitative estimate of drug-likeness (QED) is 0.810. The molecule has 0 amide bonds. The number of hydrogen-bond acceptors (Lipinski definition) is 3. The topological polar surface area (TPSA) is 50.9 Å². The molecule has 1 heterocycles. The van der Waals surface area contributed by atoms with Crippen LogP contribution in [0.15, 0.2) is 34.8 Å². The van der Waals surface area contributed by atoms with E-state index < -0.39 is 0 Å². The van der Waals surface area contributed by atoms with Gasteiger partial charge in [-0.1, -0.05) is 23.8 Å². The molecule has 3 nitrogen and oxygen atoms in total. The van der Waals surface area contributed by atoms with Crippen molar-refractivity contribution in [3.05, 3.63) is 51.1 Å². The molecule has 2 aromatic rings. The molecule has 0 aliphatic rings. The molecule has 19 heavy (non-hydrogen) atoms. The minimum Gasteiger partial charge on any atom is -0.389 e. The number of thiocarbonyl (C=S) groups is 1. The lowest BCUT2D eigenvalue weighted by molar-refractivity contribution is 1.19. The highest BCUT2D eigenvalue weighted by atomic mass is 79.9. The highest BCUT2D eigenvalue weighted by Crippen LogP contribution is 2.27. The largest absolute Gasteiger partial charge is 0.389 e. The van der Waals surface area contributed by atoms with Gasteiger partial charge in [0.05, 0.1) is 10.6 Å². The Morgan fingerprint density at radius 1 is 1.37 bits per heavy atom.